The van der Waals surface area contributed by atoms with Crippen LogP contribution in [0.1, 0.15) is 37.3 Å². The van der Waals surface area contributed by atoms with Crippen molar-refractivity contribution >= 4 is 23.2 Å². The molecule has 1 amide bonds. The monoisotopic (exact) mass is 428 g/mol. The van der Waals surface area contributed by atoms with E-state index in [1.54, 1.807) is 19.1 Å². The Hall–Kier alpha value is -2.08. The summed E-state index contributed by atoms with van der Waals surface area (Å²) in [5.41, 5.74) is 2.64. The summed E-state index contributed by atoms with van der Waals surface area (Å²) in [6, 6.07) is 13.4. The number of ether oxygens (including phenoxy) is 1. The van der Waals surface area contributed by atoms with Crippen molar-refractivity contribution in [2.24, 2.45) is 0 Å². The molecular formula is C24H29ClN2O3. The molecule has 0 spiro atoms. The van der Waals surface area contributed by atoms with E-state index in [0.717, 1.165) is 18.5 Å². The van der Waals surface area contributed by atoms with Crippen LogP contribution in [0.4, 0.5) is 5.69 Å². The van der Waals surface area contributed by atoms with E-state index in [0.29, 0.717) is 30.3 Å². The summed E-state index contributed by atoms with van der Waals surface area (Å²) >= 11 is 6.05. The lowest BCUT2D eigenvalue weighted by Gasteiger charge is -2.42. The van der Waals surface area contributed by atoms with Gasteiger partial charge in [-0.3, -0.25) is 9.69 Å². The smallest absolute Gasteiger partial charge is 0.238 e. The number of carbonyl (C=O) groups excluding carboxylic acids is 1. The van der Waals surface area contributed by atoms with Gasteiger partial charge >= 0.3 is 0 Å². The maximum Gasteiger partial charge on any atom is 0.238 e. The van der Waals surface area contributed by atoms with E-state index in [9.17, 15) is 9.90 Å². The normalized spacial score (nSPS) is 24.2. The Bertz CT molecular complexity index is 915. The van der Waals surface area contributed by atoms with E-state index >= 15 is 0 Å². The lowest BCUT2D eigenvalue weighted by molar-refractivity contribution is -0.122. The topological polar surface area (TPSA) is 61.8 Å². The molecule has 0 unspecified atom stereocenters. The standard InChI is InChI=1S/C24H29ClN2O3/c1-24(29)11-12-27(15-22(24)30-21-8-4-7-19(25)14-21)16-23(28)26-20-10-9-17-5-2-3-6-18(17)13-20/h4,7-10,13-14,22,29H,2-3,5-6,11-12,15-16H2,1H3,(H,26,28)/t22-,24-/m0/s1. The molecule has 2 aromatic carbocycles. The minimum Gasteiger partial charge on any atom is -0.486 e. The van der Waals surface area contributed by atoms with Crippen LogP contribution in [0.3, 0.4) is 0 Å². The van der Waals surface area contributed by atoms with Gasteiger partial charge in [0.15, 0.2) is 0 Å². The molecule has 2 N–H and O–H groups in total. The summed E-state index contributed by atoms with van der Waals surface area (Å²) in [4.78, 5) is 14.7. The van der Waals surface area contributed by atoms with E-state index in [1.807, 2.05) is 23.1 Å². The Morgan fingerprint density at radius 1 is 1.23 bits per heavy atom. The van der Waals surface area contributed by atoms with Gasteiger partial charge in [0.1, 0.15) is 17.5 Å². The second-order valence-electron chi connectivity index (χ2n) is 8.64. The number of hydrogen-bond donors (Lipinski definition) is 2. The minimum absolute atomic E-state index is 0.0474. The zero-order valence-corrected chi connectivity index (χ0v) is 18.1. The van der Waals surface area contributed by atoms with Gasteiger partial charge in [-0.05, 0) is 80.5 Å². The number of anilines is 1. The van der Waals surface area contributed by atoms with Crippen molar-refractivity contribution in [3.63, 3.8) is 0 Å². The molecule has 30 heavy (non-hydrogen) atoms. The van der Waals surface area contributed by atoms with Crippen molar-refractivity contribution in [2.45, 2.75) is 50.7 Å². The molecule has 1 aliphatic heterocycles. The molecule has 5 nitrogen and oxygen atoms in total. The van der Waals surface area contributed by atoms with Crippen LogP contribution in [0.5, 0.6) is 5.75 Å². The quantitative estimate of drug-likeness (QED) is 0.753. The van der Waals surface area contributed by atoms with E-state index in [4.69, 9.17) is 16.3 Å². The maximum absolute atomic E-state index is 12.6. The molecule has 2 aliphatic rings. The van der Waals surface area contributed by atoms with Gasteiger partial charge in [0.2, 0.25) is 5.91 Å². The number of fused-ring (bicyclic) bond motifs is 1. The maximum atomic E-state index is 12.6. The Morgan fingerprint density at radius 3 is 2.83 bits per heavy atom. The zero-order valence-electron chi connectivity index (χ0n) is 17.4. The summed E-state index contributed by atoms with van der Waals surface area (Å²) in [7, 11) is 0. The first kappa shape index (κ1) is 21.2. The van der Waals surface area contributed by atoms with Gasteiger partial charge in [-0.25, -0.2) is 0 Å². The number of amides is 1. The number of aryl methyl sites for hydroxylation is 2. The summed E-state index contributed by atoms with van der Waals surface area (Å²) in [6.45, 7) is 3.16. The van der Waals surface area contributed by atoms with Crippen molar-refractivity contribution < 1.29 is 14.6 Å². The Morgan fingerprint density at radius 2 is 2.03 bits per heavy atom. The van der Waals surface area contributed by atoms with Gasteiger partial charge in [-0.2, -0.15) is 0 Å². The fourth-order valence-corrected chi connectivity index (χ4v) is 4.48. The molecule has 0 radical (unpaired) electrons. The van der Waals surface area contributed by atoms with Crippen molar-refractivity contribution in [2.75, 3.05) is 25.0 Å². The van der Waals surface area contributed by atoms with E-state index in [2.05, 4.69) is 17.4 Å². The molecule has 0 aromatic heterocycles. The summed E-state index contributed by atoms with van der Waals surface area (Å²) in [5.74, 6) is 0.571. The average molecular weight is 429 g/mol. The van der Waals surface area contributed by atoms with E-state index < -0.39 is 11.7 Å². The van der Waals surface area contributed by atoms with Crippen molar-refractivity contribution in [1.29, 1.82) is 0 Å². The molecule has 160 valence electrons. The molecule has 4 rings (SSSR count). The highest BCUT2D eigenvalue weighted by molar-refractivity contribution is 6.30. The van der Waals surface area contributed by atoms with Crippen molar-refractivity contribution in [3.05, 3.63) is 58.6 Å². The zero-order chi connectivity index (χ0) is 21.1. The molecule has 2 aromatic rings. The Labute approximate surface area is 183 Å². The molecule has 1 aliphatic carbocycles. The Kier molecular flexibility index (Phi) is 6.32. The molecule has 6 heteroatoms. The van der Waals surface area contributed by atoms with Crippen LogP contribution in [0.15, 0.2) is 42.5 Å². The summed E-state index contributed by atoms with van der Waals surface area (Å²) < 4.78 is 6.04. The molecule has 0 saturated carbocycles. The highest BCUT2D eigenvalue weighted by Gasteiger charge is 2.39. The molecule has 2 atom stereocenters. The lowest BCUT2D eigenvalue weighted by Crippen LogP contribution is -2.57. The highest BCUT2D eigenvalue weighted by Crippen LogP contribution is 2.28. The number of nitrogens with zero attached hydrogens (tertiary/aromatic N) is 1. The van der Waals surface area contributed by atoms with Crippen LogP contribution in [-0.4, -0.2) is 47.3 Å². The third-order valence-corrected chi connectivity index (χ3v) is 6.36. The number of hydrogen-bond acceptors (Lipinski definition) is 4. The van der Waals surface area contributed by atoms with Crippen LogP contribution in [0.2, 0.25) is 5.02 Å². The van der Waals surface area contributed by atoms with Gasteiger partial charge in [-0.15, -0.1) is 0 Å². The van der Waals surface area contributed by atoms with Crippen LogP contribution >= 0.6 is 11.6 Å². The second kappa shape index (κ2) is 8.96. The number of rotatable bonds is 5. The van der Waals surface area contributed by atoms with Crippen LogP contribution in [-0.2, 0) is 17.6 Å². The SMILES string of the molecule is C[C@]1(O)CCN(CC(=O)Nc2ccc3c(c2)CCCC3)C[C@@H]1Oc1cccc(Cl)c1. The van der Waals surface area contributed by atoms with Crippen LogP contribution < -0.4 is 10.1 Å². The number of carbonyl (C=O) groups is 1. The molecule has 1 heterocycles. The van der Waals surface area contributed by atoms with Gasteiger partial charge in [0.25, 0.3) is 0 Å². The first-order chi connectivity index (χ1) is 14.4. The summed E-state index contributed by atoms with van der Waals surface area (Å²) in [5, 5.41) is 14.4. The van der Waals surface area contributed by atoms with Gasteiger partial charge in [0.05, 0.1) is 6.54 Å². The summed E-state index contributed by atoms with van der Waals surface area (Å²) in [6.07, 6.45) is 4.77. The first-order valence-electron chi connectivity index (χ1n) is 10.7. The van der Waals surface area contributed by atoms with Gasteiger partial charge in [-0.1, -0.05) is 23.7 Å². The van der Waals surface area contributed by atoms with Gasteiger partial charge < -0.3 is 15.2 Å². The fourth-order valence-electron chi connectivity index (χ4n) is 4.30. The number of halogens is 1. The largest absolute Gasteiger partial charge is 0.486 e. The predicted octanol–water partition coefficient (Wildman–Crippen LogP) is 4.06. The lowest BCUT2D eigenvalue weighted by atomic mass is 9.90. The van der Waals surface area contributed by atoms with E-state index in [-0.39, 0.29) is 12.5 Å². The second-order valence-corrected chi connectivity index (χ2v) is 9.08. The van der Waals surface area contributed by atoms with E-state index in [1.165, 1.54) is 24.0 Å². The number of nitrogens with one attached hydrogen (secondary N) is 1. The molecule has 1 saturated heterocycles. The number of aliphatic hydroxyl groups is 1. The minimum atomic E-state index is -0.964. The number of likely N-dealkylation sites (tertiary alicyclic amines) is 1. The third kappa shape index (κ3) is 5.15. The number of piperidine rings is 1. The predicted molar refractivity (Wildman–Crippen MR) is 119 cm³/mol. The van der Waals surface area contributed by atoms with Gasteiger partial charge in [0, 0.05) is 23.8 Å². The highest BCUT2D eigenvalue weighted by atomic mass is 35.5. The van der Waals surface area contributed by atoms with Crippen LogP contribution in [0, 0.1) is 0 Å². The number of benzene rings is 2. The van der Waals surface area contributed by atoms with Crippen molar-refractivity contribution in [3.8, 4) is 5.75 Å². The molecule has 0 bridgehead atoms. The third-order valence-electron chi connectivity index (χ3n) is 6.13. The molecular weight excluding hydrogens is 400 g/mol. The first-order valence-corrected chi connectivity index (χ1v) is 11.1. The Balaban J connectivity index is 1.36. The molecule has 1 fully saturated rings. The van der Waals surface area contributed by atoms with Crippen LogP contribution in [0.25, 0.3) is 0 Å². The average Bonchev–Trinajstić information content (AvgIpc) is 2.70. The fraction of sp³-hybridized carbons (Fsp3) is 0.458. The van der Waals surface area contributed by atoms with Crippen molar-refractivity contribution in [1.82, 2.24) is 4.90 Å².